The molecule has 39 heavy (non-hydrogen) atoms. The Morgan fingerprint density at radius 2 is 1.72 bits per heavy atom. The lowest BCUT2D eigenvalue weighted by molar-refractivity contribution is -0.155. The van der Waals surface area contributed by atoms with E-state index in [0.717, 1.165) is 11.6 Å². The summed E-state index contributed by atoms with van der Waals surface area (Å²) in [6, 6.07) is 3.29. The van der Waals surface area contributed by atoms with Gasteiger partial charge in [-0.05, 0) is 58.7 Å². The molecule has 0 bridgehead atoms. The fourth-order valence-electron chi connectivity index (χ4n) is 4.19. The first-order valence-corrected chi connectivity index (χ1v) is 13.2. The Hall–Kier alpha value is -3.60. The van der Waals surface area contributed by atoms with Gasteiger partial charge in [0.2, 0.25) is 5.91 Å². The number of aromatic amines is 1. The van der Waals surface area contributed by atoms with Crippen LogP contribution in [-0.4, -0.2) is 83.1 Å². The summed E-state index contributed by atoms with van der Waals surface area (Å²) in [6.07, 6.45) is -0.566. The predicted octanol–water partition coefficient (Wildman–Crippen LogP) is 3.01. The second-order valence-electron chi connectivity index (χ2n) is 10.4. The second-order valence-corrected chi connectivity index (χ2v) is 10.8. The van der Waals surface area contributed by atoms with Crippen LogP contribution in [0.4, 0.5) is 4.79 Å². The number of carbonyl (C=O) groups is 4. The molecule has 1 saturated heterocycles. The molecule has 3 amide bonds. The molecule has 1 unspecified atom stereocenters. The Kier molecular flexibility index (Phi) is 9.60. The van der Waals surface area contributed by atoms with Crippen LogP contribution in [0.25, 0.3) is 10.9 Å². The fourth-order valence-corrected chi connectivity index (χ4v) is 4.36. The van der Waals surface area contributed by atoms with Crippen LogP contribution in [0.5, 0.6) is 0 Å². The molecular weight excluding hydrogens is 528 g/mol. The number of nitrogens with zero attached hydrogens (tertiary/aromatic N) is 2. The number of ether oxygens (including phenoxy) is 2. The lowest BCUT2D eigenvalue weighted by atomic mass is 10.1. The van der Waals surface area contributed by atoms with Crippen molar-refractivity contribution in [3.63, 3.8) is 0 Å². The molecule has 2 heterocycles. The molecule has 212 valence electrons. The Bertz CT molecular complexity index is 1310. The molecule has 1 aliphatic rings. The van der Waals surface area contributed by atoms with Crippen molar-refractivity contribution in [2.45, 2.75) is 59.1 Å². The van der Waals surface area contributed by atoms with Crippen molar-refractivity contribution in [1.82, 2.24) is 20.1 Å². The highest BCUT2D eigenvalue weighted by molar-refractivity contribution is 6.32. The van der Waals surface area contributed by atoms with E-state index in [1.54, 1.807) is 40.7 Å². The number of benzene rings is 1. The third kappa shape index (κ3) is 7.95. The third-order valence-electron chi connectivity index (χ3n) is 6.13. The number of H-pyrrole nitrogens is 1. The summed E-state index contributed by atoms with van der Waals surface area (Å²) in [5, 5.41) is 3.45. The minimum absolute atomic E-state index is 0.00981. The minimum atomic E-state index is -1.06. The number of piperazine rings is 1. The number of aromatic nitrogens is 1. The van der Waals surface area contributed by atoms with Gasteiger partial charge < -0.3 is 29.6 Å². The number of carbonyl (C=O) groups excluding carboxylic acids is 4. The monoisotopic (exact) mass is 562 g/mol. The largest absolute Gasteiger partial charge is 0.460 e. The maximum absolute atomic E-state index is 13.5. The van der Waals surface area contributed by atoms with Crippen molar-refractivity contribution < 1.29 is 28.7 Å². The third-order valence-corrected chi connectivity index (χ3v) is 6.54. The van der Waals surface area contributed by atoms with Crippen LogP contribution in [0.2, 0.25) is 5.02 Å². The van der Waals surface area contributed by atoms with E-state index in [4.69, 9.17) is 21.1 Å². The van der Waals surface area contributed by atoms with Gasteiger partial charge in [-0.1, -0.05) is 11.6 Å². The van der Waals surface area contributed by atoms with Crippen molar-refractivity contribution in [2.24, 2.45) is 0 Å². The average molecular weight is 563 g/mol. The van der Waals surface area contributed by atoms with Gasteiger partial charge in [-0.3, -0.25) is 19.2 Å². The Balaban J connectivity index is 1.79. The summed E-state index contributed by atoms with van der Waals surface area (Å²) >= 11 is 6.14. The summed E-state index contributed by atoms with van der Waals surface area (Å²) in [6.45, 7) is 9.99. The smallest absolute Gasteiger partial charge is 0.409 e. The molecule has 0 spiro atoms. The highest BCUT2D eigenvalue weighted by Gasteiger charge is 2.31. The zero-order valence-corrected chi connectivity index (χ0v) is 23.6. The van der Waals surface area contributed by atoms with Crippen molar-refractivity contribution in [2.75, 3.05) is 32.8 Å². The zero-order valence-electron chi connectivity index (χ0n) is 22.9. The van der Waals surface area contributed by atoms with Gasteiger partial charge in [0.05, 0.1) is 12.1 Å². The van der Waals surface area contributed by atoms with Crippen LogP contribution in [-0.2, 0) is 19.1 Å². The summed E-state index contributed by atoms with van der Waals surface area (Å²) < 4.78 is 10.4. The number of rotatable bonds is 7. The van der Waals surface area contributed by atoms with Crippen molar-refractivity contribution in [3.05, 3.63) is 44.7 Å². The van der Waals surface area contributed by atoms with Gasteiger partial charge in [-0.2, -0.15) is 0 Å². The van der Waals surface area contributed by atoms with Crippen LogP contribution in [0.1, 0.15) is 56.6 Å². The van der Waals surface area contributed by atoms with E-state index in [0.29, 0.717) is 15.9 Å². The first-order chi connectivity index (χ1) is 18.3. The molecule has 1 atom stereocenters. The minimum Gasteiger partial charge on any atom is -0.460 e. The number of nitrogens with one attached hydrogen (secondary N) is 2. The number of pyridine rings is 1. The molecule has 2 N–H and O–H groups in total. The van der Waals surface area contributed by atoms with Gasteiger partial charge in [-0.15, -0.1) is 0 Å². The molecule has 0 radical (unpaired) electrons. The number of aryl methyl sites for hydroxylation is 1. The molecule has 1 fully saturated rings. The SMILES string of the molecule is CCOC(=O)N1CCN(C(=O)C(CCC(=O)OC(C)(C)C)NC(=O)c2cc(=O)c3cc(Cl)c(C)cc3[nH]2)CC1. The van der Waals surface area contributed by atoms with E-state index in [2.05, 4.69) is 10.3 Å². The van der Waals surface area contributed by atoms with Crippen LogP contribution in [0.15, 0.2) is 23.0 Å². The van der Waals surface area contributed by atoms with Crippen LogP contribution in [0.3, 0.4) is 0 Å². The van der Waals surface area contributed by atoms with Crippen LogP contribution in [0, 0.1) is 6.92 Å². The predicted molar refractivity (Wildman–Crippen MR) is 146 cm³/mol. The van der Waals surface area contributed by atoms with Crippen LogP contribution >= 0.6 is 11.6 Å². The quantitative estimate of drug-likeness (QED) is 0.495. The maximum Gasteiger partial charge on any atom is 0.409 e. The zero-order chi connectivity index (χ0) is 28.9. The van der Waals surface area contributed by atoms with Gasteiger partial charge in [-0.25, -0.2) is 4.79 Å². The van der Waals surface area contributed by atoms with E-state index in [-0.39, 0.29) is 51.3 Å². The molecule has 0 saturated carbocycles. The molecule has 3 rings (SSSR count). The average Bonchev–Trinajstić information content (AvgIpc) is 2.86. The van der Waals surface area contributed by atoms with Gasteiger partial charge in [0.15, 0.2) is 5.43 Å². The Morgan fingerprint density at radius 1 is 1.08 bits per heavy atom. The number of esters is 1. The normalized spacial score (nSPS) is 14.6. The topological polar surface area (TPSA) is 138 Å². The summed E-state index contributed by atoms with van der Waals surface area (Å²) in [5.74, 6) is -1.58. The fraction of sp³-hybridized carbons (Fsp3) is 0.519. The van der Waals surface area contributed by atoms with Gasteiger partial charge >= 0.3 is 12.1 Å². The van der Waals surface area contributed by atoms with E-state index in [1.807, 2.05) is 0 Å². The van der Waals surface area contributed by atoms with Crippen molar-refractivity contribution in [1.29, 1.82) is 0 Å². The van der Waals surface area contributed by atoms with E-state index < -0.39 is 40.9 Å². The second kappa shape index (κ2) is 12.5. The van der Waals surface area contributed by atoms with E-state index in [9.17, 15) is 24.0 Å². The lowest BCUT2D eigenvalue weighted by Crippen LogP contribution is -2.56. The van der Waals surface area contributed by atoms with Crippen molar-refractivity contribution in [3.8, 4) is 0 Å². The molecule has 1 aromatic carbocycles. The lowest BCUT2D eigenvalue weighted by Gasteiger charge is -2.36. The van der Waals surface area contributed by atoms with Crippen LogP contribution < -0.4 is 10.7 Å². The van der Waals surface area contributed by atoms with E-state index in [1.165, 1.54) is 15.9 Å². The highest BCUT2D eigenvalue weighted by Crippen LogP contribution is 2.20. The summed E-state index contributed by atoms with van der Waals surface area (Å²) in [7, 11) is 0. The van der Waals surface area contributed by atoms with Gasteiger partial charge in [0, 0.05) is 49.1 Å². The van der Waals surface area contributed by atoms with Gasteiger partial charge in [0.1, 0.15) is 17.3 Å². The van der Waals surface area contributed by atoms with E-state index >= 15 is 0 Å². The molecule has 1 aliphatic heterocycles. The number of hydrogen-bond acceptors (Lipinski definition) is 7. The van der Waals surface area contributed by atoms with Crippen molar-refractivity contribution >= 4 is 46.4 Å². The summed E-state index contributed by atoms with van der Waals surface area (Å²) in [5.41, 5.74) is 0.0273. The highest BCUT2D eigenvalue weighted by atomic mass is 35.5. The maximum atomic E-state index is 13.5. The first-order valence-electron chi connectivity index (χ1n) is 12.9. The first kappa shape index (κ1) is 29.9. The Morgan fingerprint density at radius 3 is 2.33 bits per heavy atom. The molecule has 0 aliphatic carbocycles. The number of fused-ring (bicyclic) bond motifs is 1. The number of amides is 3. The summed E-state index contributed by atoms with van der Waals surface area (Å²) in [4.78, 5) is 69.7. The Labute approximate surface area is 231 Å². The molecule has 2 aromatic rings. The molecular formula is C27H35ClN4O7. The molecule has 11 nitrogen and oxygen atoms in total. The number of hydrogen-bond donors (Lipinski definition) is 2. The number of halogens is 1. The standard InChI is InChI=1S/C27H35ClN4O7/c1-6-38-26(37)32-11-9-31(10-12-32)25(36)19(7-8-23(34)39-27(3,4)5)30-24(35)21-15-22(33)17-14-18(28)16(2)13-20(17)29-21/h13-15,19H,6-12H2,1-5H3,(H,29,33)(H,30,35). The van der Waals surface area contributed by atoms with Gasteiger partial charge in [0.25, 0.3) is 5.91 Å². The molecule has 12 heteroatoms. The molecule has 1 aromatic heterocycles.